The van der Waals surface area contributed by atoms with Gasteiger partial charge in [-0.1, -0.05) is 380 Å². The largest absolute Gasteiger partial charge is 0.462 e. The molecule has 0 aromatic heterocycles. The zero-order valence-electron chi connectivity index (χ0n) is 52.8. The normalized spacial score (nSPS) is 11.9. The average molecular weight is 1090 g/mol. The summed E-state index contributed by atoms with van der Waals surface area (Å²) in [6.45, 7) is 6.73. The first-order chi connectivity index (χ1) is 38.0. The minimum Gasteiger partial charge on any atom is -0.462 e. The second-order valence-electron chi connectivity index (χ2n) is 24.5. The minimum atomic E-state index is -0.762. The van der Waals surface area contributed by atoms with Gasteiger partial charge in [0.15, 0.2) is 6.10 Å². The lowest BCUT2D eigenvalue weighted by Crippen LogP contribution is -2.30. The van der Waals surface area contributed by atoms with Crippen molar-refractivity contribution >= 4 is 17.9 Å². The first-order valence-corrected chi connectivity index (χ1v) is 35.5. The van der Waals surface area contributed by atoms with Crippen molar-refractivity contribution in [1.29, 1.82) is 0 Å². The predicted octanol–water partition coefficient (Wildman–Crippen LogP) is 24.2. The van der Waals surface area contributed by atoms with Crippen LogP contribution in [0, 0.1) is 0 Å². The van der Waals surface area contributed by atoms with Gasteiger partial charge in [0, 0.05) is 19.3 Å². The van der Waals surface area contributed by atoms with Crippen molar-refractivity contribution in [3.63, 3.8) is 0 Å². The number of carbonyl (C=O) groups excluding carboxylic acids is 3. The number of ether oxygens (including phenoxy) is 3. The molecule has 0 aliphatic heterocycles. The van der Waals surface area contributed by atoms with Gasteiger partial charge in [0.05, 0.1) is 0 Å². The molecular weight excluding hydrogens is 949 g/mol. The predicted molar refractivity (Wildman–Crippen MR) is 335 cm³/mol. The van der Waals surface area contributed by atoms with Crippen molar-refractivity contribution in [3.8, 4) is 0 Å². The molecule has 0 aliphatic carbocycles. The van der Waals surface area contributed by atoms with Crippen LogP contribution < -0.4 is 0 Å². The maximum atomic E-state index is 12.9. The third kappa shape index (κ3) is 65.1. The molecule has 77 heavy (non-hydrogen) atoms. The molecule has 0 rings (SSSR count). The Morgan fingerprint density at radius 1 is 0.208 bits per heavy atom. The van der Waals surface area contributed by atoms with Crippen LogP contribution in [0.1, 0.15) is 419 Å². The summed E-state index contributed by atoms with van der Waals surface area (Å²) in [7, 11) is 0. The topological polar surface area (TPSA) is 78.9 Å². The van der Waals surface area contributed by atoms with Crippen LogP contribution in [0.3, 0.4) is 0 Å². The Balaban J connectivity index is 4.09. The SMILES string of the molecule is CCCCCCCCCCCCCCCCCCCCCCCCCCCCCC(=O)OCC(COC(=O)CCCCCCCCCCCC)OC(=O)CCCCCCCCCCCCCCCCCCCCCCCC. The lowest BCUT2D eigenvalue weighted by Gasteiger charge is -2.18. The summed E-state index contributed by atoms with van der Waals surface area (Å²) in [6, 6.07) is 0. The van der Waals surface area contributed by atoms with E-state index in [1.165, 1.54) is 321 Å². The van der Waals surface area contributed by atoms with Gasteiger partial charge in [-0.15, -0.1) is 0 Å². The summed E-state index contributed by atoms with van der Waals surface area (Å²) in [4.78, 5) is 38.3. The molecule has 0 spiro atoms. The van der Waals surface area contributed by atoms with E-state index < -0.39 is 6.10 Å². The summed E-state index contributed by atoms with van der Waals surface area (Å²) < 4.78 is 17.0. The van der Waals surface area contributed by atoms with E-state index in [2.05, 4.69) is 20.8 Å². The lowest BCUT2D eigenvalue weighted by molar-refractivity contribution is -0.167. The van der Waals surface area contributed by atoms with Gasteiger partial charge in [-0.05, 0) is 19.3 Å². The molecule has 0 fully saturated rings. The van der Waals surface area contributed by atoms with Crippen molar-refractivity contribution in [1.82, 2.24) is 0 Å². The van der Waals surface area contributed by atoms with E-state index >= 15 is 0 Å². The van der Waals surface area contributed by atoms with Gasteiger partial charge in [-0.2, -0.15) is 0 Å². The highest BCUT2D eigenvalue weighted by atomic mass is 16.6. The summed E-state index contributed by atoms with van der Waals surface area (Å²) in [5, 5.41) is 0. The van der Waals surface area contributed by atoms with Gasteiger partial charge in [0.2, 0.25) is 0 Å². The standard InChI is InChI=1S/C71H138O6/c1-4-7-10-13-16-19-22-24-26-28-30-32-34-35-36-37-38-40-41-43-45-47-49-52-55-58-61-64-70(73)76-67-68(66-75-69(72)63-60-57-54-51-21-18-15-12-9-6-3)77-71(74)65-62-59-56-53-50-48-46-44-42-39-33-31-29-27-25-23-20-17-14-11-8-5-2/h68H,4-67H2,1-3H3. The maximum absolute atomic E-state index is 12.9. The second kappa shape index (κ2) is 66.9. The van der Waals surface area contributed by atoms with E-state index in [1.54, 1.807) is 0 Å². The van der Waals surface area contributed by atoms with Crippen LogP contribution in [-0.2, 0) is 28.6 Å². The summed E-state index contributed by atoms with van der Waals surface area (Å²) in [5.74, 6) is -0.824. The molecule has 6 nitrogen and oxygen atoms in total. The third-order valence-electron chi connectivity index (χ3n) is 16.6. The molecule has 458 valence electrons. The van der Waals surface area contributed by atoms with E-state index in [9.17, 15) is 14.4 Å². The van der Waals surface area contributed by atoms with Crippen LogP contribution in [0.5, 0.6) is 0 Å². The first kappa shape index (κ1) is 75.4. The van der Waals surface area contributed by atoms with Crippen molar-refractivity contribution in [2.45, 2.75) is 425 Å². The van der Waals surface area contributed by atoms with Gasteiger partial charge in [0.1, 0.15) is 13.2 Å². The Labute approximate surface area is 482 Å². The highest BCUT2D eigenvalue weighted by Crippen LogP contribution is 2.20. The number of hydrogen-bond donors (Lipinski definition) is 0. The van der Waals surface area contributed by atoms with E-state index in [4.69, 9.17) is 14.2 Å². The number of rotatable bonds is 67. The van der Waals surface area contributed by atoms with Crippen molar-refractivity contribution in [3.05, 3.63) is 0 Å². The summed E-state index contributed by atoms with van der Waals surface area (Å²) >= 11 is 0. The average Bonchev–Trinajstić information content (AvgIpc) is 3.43. The molecular formula is C71H138O6. The number of unbranched alkanes of at least 4 members (excludes halogenated alkanes) is 56. The molecule has 0 N–H and O–H groups in total. The smallest absolute Gasteiger partial charge is 0.306 e. The molecule has 0 saturated heterocycles. The summed E-state index contributed by atoms with van der Waals surface area (Å²) in [6.07, 6.45) is 78.7. The van der Waals surface area contributed by atoms with Gasteiger partial charge < -0.3 is 14.2 Å². The van der Waals surface area contributed by atoms with Crippen molar-refractivity contribution < 1.29 is 28.6 Å². The Kier molecular flexibility index (Phi) is 65.5. The van der Waals surface area contributed by atoms with E-state index in [1.807, 2.05) is 0 Å². The molecule has 1 unspecified atom stereocenters. The van der Waals surface area contributed by atoms with Gasteiger partial charge in [0.25, 0.3) is 0 Å². The molecule has 6 heteroatoms. The molecule has 1 atom stereocenters. The highest BCUT2D eigenvalue weighted by Gasteiger charge is 2.19. The van der Waals surface area contributed by atoms with Crippen LogP contribution >= 0.6 is 0 Å². The lowest BCUT2D eigenvalue weighted by atomic mass is 10.0. The first-order valence-electron chi connectivity index (χ1n) is 35.5. The summed E-state index contributed by atoms with van der Waals surface area (Å²) in [5.41, 5.74) is 0. The Morgan fingerprint density at radius 3 is 0.519 bits per heavy atom. The number of esters is 3. The van der Waals surface area contributed by atoms with E-state index in [0.717, 1.165) is 57.8 Å². The molecule has 0 amide bonds. The van der Waals surface area contributed by atoms with Gasteiger partial charge in [-0.3, -0.25) is 14.4 Å². The quantitative estimate of drug-likeness (QED) is 0.0343. The van der Waals surface area contributed by atoms with E-state index in [0.29, 0.717) is 19.3 Å². The minimum absolute atomic E-state index is 0.0605. The molecule has 0 radical (unpaired) electrons. The van der Waals surface area contributed by atoms with Crippen LogP contribution in [0.15, 0.2) is 0 Å². The van der Waals surface area contributed by atoms with Crippen LogP contribution in [0.2, 0.25) is 0 Å². The van der Waals surface area contributed by atoms with E-state index in [-0.39, 0.29) is 31.1 Å². The van der Waals surface area contributed by atoms with Crippen molar-refractivity contribution in [2.24, 2.45) is 0 Å². The zero-order chi connectivity index (χ0) is 55.7. The van der Waals surface area contributed by atoms with Crippen molar-refractivity contribution in [2.75, 3.05) is 13.2 Å². The van der Waals surface area contributed by atoms with Crippen LogP contribution in [0.25, 0.3) is 0 Å². The molecule has 0 bridgehead atoms. The fourth-order valence-electron chi connectivity index (χ4n) is 11.3. The van der Waals surface area contributed by atoms with Crippen LogP contribution in [0.4, 0.5) is 0 Å². The monoisotopic (exact) mass is 1090 g/mol. The zero-order valence-corrected chi connectivity index (χ0v) is 52.8. The molecule has 0 aliphatic rings. The number of carbonyl (C=O) groups is 3. The fraction of sp³-hybridized carbons (Fsp3) is 0.958. The van der Waals surface area contributed by atoms with Gasteiger partial charge in [-0.25, -0.2) is 0 Å². The highest BCUT2D eigenvalue weighted by molar-refractivity contribution is 5.71. The fourth-order valence-corrected chi connectivity index (χ4v) is 11.3. The Morgan fingerprint density at radius 2 is 0.351 bits per heavy atom. The van der Waals surface area contributed by atoms with Crippen LogP contribution in [-0.4, -0.2) is 37.2 Å². The Bertz CT molecular complexity index is 1160. The molecule has 0 aromatic rings. The Hall–Kier alpha value is -1.59. The second-order valence-corrected chi connectivity index (χ2v) is 24.5. The molecule has 0 aromatic carbocycles. The maximum Gasteiger partial charge on any atom is 0.306 e. The van der Waals surface area contributed by atoms with Gasteiger partial charge >= 0.3 is 17.9 Å². The third-order valence-corrected chi connectivity index (χ3v) is 16.6. The number of hydrogen-bond acceptors (Lipinski definition) is 6. The molecule has 0 heterocycles. The molecule has 0 saturated carbocycles.